The van der Waals surface area contributed by atoms with E-state index in [4.69, 9.17) is 0 Å². The number of piperidine rings is 1. The van der Waals surface area contributed by atoms with Gasteiger partial charge in [0.05, 0.1) is 11.8 Å². The van der Waals surface area contributed by atoms with Gasteiger partial charge in [-0.15, -0.1) is 0 Å². The Morgan fingerprint density at radius 3 is 2.79 bits per heavy atom. The van der Waals surface area contributed by atoms with Gasteiger partial charge in [0.15, 0.2) is 5.16 Å². The molecule has 6 heteroatoms. The van der Waals surface area contributed by atoms with Gasteiger partial charge >= 0.3 is 0 Å². The monoisotopic (exact) mass is 274 g/mol. The maximum atomic E-state index is 11.4. The third-order valence-corrected chi connectivity index (χ3v) is 4.81. The van der Waals surface area contributed by atoms with Crippen molar-refractivity contribution in [1.82, 2.24) is 14.9 Å². The highest BCUT2D eigenvalue weighted by molar-refractivity contribution is 7.98. The number of hydrogen-bond donors (Lipinski definition) is 0. The van der Waals surface area contributed by atoms with Gasteiger partial charge in [0, 0.05) is 38.0 Å². The van der Waals surface area contributed by atoms with Gasteiger partial charge in [0.25, 0.3) is 0 Å². The summed E-state index contributed by atoms with van der Waals surface area (Å²) in [6, 6.07) is 4.28. The quantitative estimate of drug-likeness (QED) is 0.596. The lowest BCUT2D eigenvalue weighted by Crippen LogP contribution is -2.33. The molecule has 19 heavy (non-hydrogen) atoms. The molecule has 3 rings (SSSR count). The number of amides is 1. The first-order valence-corrected chi connectivity index (χ1v) is 7.40. The second kappa shape index (κ2) is 4.20. The molecule has 0 radical (unpaired) electrons. The van der Waals surface area contributed by atoms with E-state index in [2.05, 4.69) is 16.0 Å². The van der Waals surface area contributed by atoms with Gasteiger partial charge in [-0.05, 0) is 12.3 Å². The fraction of sp³-hybridized carbons (Fsp3) is 0.538. The number of hydrogen-bond acceptors (Lipinski definition) is 5. The highest BCUT2D eigenvalue weighted by Gasteiger charge is 2.71. The van der Waals surface area contributed by atoms with Gasteiger partial charge in [-0.25, -0.2) is 9.97 Å². The summed E-state index contributed by atoms with van der Waals surface area (Å²) >= 11 is 1.47. The number of nitriles is 1. The van der Waals surface area contributed by atoms with Crippen molar-refractivity contribution in [1.29, 1.82) is 5.26 Å². The van der Waals surface area contributed by atoms with Crippen molar-refractivity contribution in [3.63, 3.8) is 0 Å². The Balaban J connectivity index is 1.89. The zero-order chi connectivity index (χ0) is 13.6. The number of nitrogens with zero attached hydrogens (tertiary/aromatic N) is 4. The molecule has 3 atom stereocenters. The molecule has 5 nitrogen and oxygen atoms in total. The average molecular weight is 274 g/mol. The van der Waals surface area contributed by atoms with Crippen LogP contribution in [0.4, 0.5) is 0 Å². The molecule has 1 unspecified atom stereocenters. The van der Waals surface area contributed by atoms with Crippen LogP contribution in [0.25, 0.3) is 0 Å². The highest BCUT2D eigenvalue weighted by atomic mass is 32.2. The molecule has 1 aliphatic carbocycles. The molecule has 0 bridgehead atoms. The molecule has 1 saturated heterocycles. The molecule has 2 fully saturated rings. The summed E-state index contributed by atoms with van der Waals surface area (Å²) in [4.78, 5) is 21.8. The number of rotatable bonds is 2. The van der Waals surface area contributed by atoms with E-state index < -0.39 is 5.41 Å². The molecule has 1 aromatic rings. The van der Waals surface area contributed by atoms with E-state index >= 15 is 0 Å². The van der Waals surface area contributed by atoms with Gasteiger partial charge in [0.2, 0.25) is 5.91 Å². The first-order chi connectivity index (χ1) is 9.13. The van der Waals surface area contributed by atoms with Gasteiger partial charge in [-0.1, -0.05) is 11.8 Å². The molecule has 0 N–H and O–H groups in total. The van der Waals surface area contributed by atoms with Crippen LogP contribution in [-0.2, 0) is 10.2 Å². The Morgan fingerprint density at radius 2 is 2.26 bits per heavy atom. The number of fused-ring (bicyclic) bond motifs is 1. The van der Waals surface area contributed by atoms with Crippen LogP contribution in [0.15, 0.2) is 17.4 Å². The van der Waals surface area contributed by atoms with Gasteiger partial charge in [-0.2, -0.15) is 5.26 Å². The molecule has 1 amide bonds. The number of carbonyl (C=O) groups excluding carboxylic acids is 1. The molecule has 2 heterocycles. The largest absolute Gasteiger partial charge is 0.342 e. The maximum absolute atomic E-state index is 11.4. The summed E-state index contributed by atoms with van der Waals surface area (Å²) in [5, 5.41) is 10.3. The predicted octanol–water partition coefficient (Wildman–Crippen LogP) is 1.07. The minimum atomic E-state index is -0.501. The fourth-order valence-corrected chi connectivity index (χ4v) is 3.52. The third kappa shape index (κ3) is 1.65. The number of likely N-dealkylation sites (tertiary alicyclic amines) is 1. The predicted molar refractivity (Wildman–Crippen MR) is 70.3 cm³/mol. The van der Waals surface area contributed by atoms with Crippen molar-refractivity contribution in [2.75, 3.05) is 19.3 Å². The van der Waals surface area contributed by atoms with E-state index in [-0.39, 0.29) is 17.7 Å². The topological polar surface area (TPSA) is 69.9 Å². The lowest BCUT2D eigenvalue weighted by Gasteiger charge is -2.21. The molecule has 1 aromatic heterocycles. The first kappa shape index (κ1) is 12.4. The molecule has 1 aliphatic heterocycles. The molecular formula is C13H14N4OS. The van der Waals surface area contributed by atoms with Crippen LogP contribution >= 0.6 is 11.8 Å². The minimum Gasteiger partial charge on any atom is -0.342 e. The van der Waals surface area contributed by atoms with Crippen molar-refractivity contribution in [3.05, 3.63) is 18.0 Å². The summed E-state index contributed by atoms with van der Waals surface area (Å²) in [6.07, 6.45) is 3.63. The van der Waals surface area contributed by atoms with E-state index in [0.717, 1.165) is 5.69 Å². The normalized spacial score (nSPS) is 31.7. The summed E-state index contributed by atoms with van der Waals surface area (Å²) in [6.45, 7) is 2.92. The van der Waals surface area contributed by atoms with Gasteiger partial charge in [0.1, 0.15) is 5.41 Å². The van der Waals surface area contributed by atoms with Crippen LogP contribution in [0, 0.1) is 23.2 Å². The highest BCUT2D eigenvalue weighted by Crippen LogP contribution is 2.62. The molecule has 1 saturated carbocycles. The molecule has 2 aliphatic rings. The summed E-state index contributed by atoms with van der Waals surface area (Å²) < 4.78 is 0. The van der Waals surface area contributed by atoms with E-state index in [1.807, 2.05) is 17.2 Å². The zero-order valence-electron chi connectivity index (χ0n) is 10.8. The Morgan fingerprint density at radius 1 is 1.58 bits per heavy atom. The number of carbonyl (C=O) groups is 1. The minimum absolute atomic E-state index is 0.0894. The Labute approximate surface area is 116 Å². The van der Waals surface area contributed by atoms with Gasteiger partial charge < -0.3 is 4.90 Å². The Bertz CT molecular complexity index is 570. The van der Waals surface area contributed by atoms with E-state index in [9.17, 15) is 10.1 Å². The van der Waals surface area contributed by atoms with Crippen LogP contribution in [0.2, 0.25) is 0 Å². The maximum Gasteiger partial charge on any atom is 0.219 e. The third-order valence-electron chi connectivity index (χ3n) is 4.25. The average Bonchev–Trinajstić information content (AvgIpc) is 2.81. The summed E-state index contributed by atoms with van der Waals surface area (Å²) in [5.74, 6) is 0.545. The van der Waals surface area contributed by atoms with Crippen LogP contribution < -0.4 is 0 Å². The summed E-state index contributed by atoms with van der Waals surface area (Å²) in [7, 11) is 0. The fourth-order valence-electron chi connectivity index (χ4n) is 3.16. The molecule has 0 spiro atoms. The van der Waals surface area contributed by atoms with Crippen LogP contribution in [0.1, 0.15) is 12.6 Å². The lowest BCUT2D eigenvalue weighted by atomic mass is 9.97. The Hall–Kier alpha value is -1.61. The van der Waals surface area contributed by atoms with Crippen molar-refractivity contribution in [2.24, 2.45) is 11.8 Å². The summed E-state index contributed by atoms with van der Waals surface area (Å²) in [5.41, 5.74) is 0.312. The lowest BCUT2D eigenvalue weighted by molar-refractivity contribution is -0.128. The second-order valence-corrected chi connectivity index (χ2v) is 5.82. The standard InChI is InChI=1S/C13H14N4OS/c1-8(18)17-5-9-10(6-17)13(9,7-14)11-3-4-15-12(16-11)19-2/h3-4,9-10H,5-6H2,1-2H3/t9-,10+,13?. The van der Waals surface area contributed by atoms with Crippen LogP contribution in [-0.4, -0.2) is 40.1 Å². The molecule has 98 valence electrons. The molecular weight excluding hydrogens is 260 g/mol. The second-order valence-electron chi connectivity index (χ2n) is 5.05. The molecule has 0 aromatic carbocycles. The van der Waals surface area contributed by atoms with Crippen LogP contribution in [0.3, 0.4) is 0 Å². The Kier molecular flexibility index (Phi) is 2.75. The van der Waals surface area contributed by atoms with E-state index in [1.54, 1.807) is 13.1 Å². The van der Waals surface area contributed by atoms with E-state index in [0.29, 0.717) is 18.2 Å². The SMILES string of the molecule is CSc1nccc(C2(C#N)[C@@H]3CN(C(C)=O)C[C@@H]32)n1. The van der Waals surface area contributed by atoms with Gasteiger partial charge in [-0.3, -0.25) is 4.79 Å². The van der Waals surface area contributed by atoms with Crippen molar-refractivity contribution >= 4 is 17.7 Å². The zero-order valence-corrected chi connectivity index (χ0v) is 11.6. The van der Waals surface area contributed by atoms with E-state index in [1.165, 1.54) is 11.8 Å². The number of aromatic nitrogens is 2. The van der Waals surface area contributed by atoms with Crippen molar-refractivity contribution in [3.8, 4) is 6.07 Å². The van der Waals surface area contributed by atoms with Crippen molar-refractivity contribution in [2.45, 2.75) is 17.5 Å². The van der Waals surface area contributed by atoms with Crippen molar-refractivity contribution < 1.29 is 4.79 Å². The number of thioether (sulfide) groups is 1. The first-order valence-electron chi connectivity index (χ1n) is 6.17. The smallest absolute Gasteiger partial charge is 0.219 e. The van der Waals surface area contributed by atoms with Crippen LogP contribution in [0.5, 0.6) is 0 Å².